The number of hydrogen-bond donors (Lipinski definition) is 2. The van der Waals surface area contributed by atoms with E-state index in [0.717, 1.165) is 11.3 Å². The minimum atomic E-state index is -0.455. The van der Waals surface area contributed by atoms with E-state index in [9.17, 15) is 5.11 Å². The van der Waals surface area contributed by atoms with E-state index in [2.05, 4.69) is 10.3 Å². The SMILES string of the molecule is CNCC(O)c1ccc(C)nc1. The third-order valence-electron chi connectivity index (χ3n) is 1.72. The molecule has 1 heterocycles. The van der Waals surface area contributed by atoms with Gasteiger partial charge in [-0.3, -0.25) is 4.98 Å². The monoisotopic (exact) mass is 166 g/mol. The van der Waals surface area contributed by atoms with Gasteiger partial charge in [-0.05, 0) is 20.0 Å². The molecule has 0 fully saturated rings. The number of nitrogens with zero attached hydrogens (tertiary/aromatic N) is 1. The molecule has 0 saturated carbocycles. The Kier molecular flexibility index (Phi) is 3.19. The average molecular weight is 166 g/mol. The molecule has 0 aliphatic heterocycles. The van der Waals surface area contributed by atoms with E-state index in [1.165, 1.54) is 0 Å². The van der Waals surface area contributed by atoms with Crippen molar-refractivity contribution in [3.63, 3.8) is 0 Å². The number of pyridine rings is 1. The second-order valence-electron chi connectivity index (χ2n) is 2.81. The Hall–Kier alpha value is -0.930. The summed E-state index contributed by atoms with van der Waals surface area (Å²) in [4.78, 5) is 4.09. The molecule has 1 aromatic rings. The maximum Gasteiger partial charge on any atom is 0.0929 e. The van der Waals surface area contributed by atoms with Crippen LogP contribution in [0.15, 0.2) is 18.3 Å². The van der Waals surface area contributed by atoms with E-state index in [1.807, 2.05) is 26.1 Å². The van der Waals surface area contributed by atoms with Crippen LogP contribution in [0.2, 0.25) is 0 Å². The van der Waals surface area contributed by atoms with Crippen LogP contribution < -0.4 is 5.32 Å². The topological polar surface area (TPSA) is 45.1 Å². The Morgan fingerprint density at radius 3 is 2.83 bits per heavy atom. The molecule has 1 rings (SSSR count). The highest BCUT2D eigenvalue weighted by atomic mass is 16.3. The van der Waals surface area contributed by atoms with Crippen LogP contribution in [0, 0.1) is 6.92 Å². The zero-order valence-corrected chi connectivity index (χ0v) is 7.41. The van der Waals surface area contributed by atoms with Gasteiger partial charge in [-0.25, -0.2) is 0 Å². The second-order valence-corrected chi connectivity index (χ2v) is 2.81. The van der Waals surface area contributed by atoms with E-state index in [-0.39, 0.29) is 0 Å². The molecule has 1 atom stereocenters. The van der Waals surface area contributed by atoms with Crippen LogP contribution in [0.5, 0.6) is 0 Å². The highest BCUT2D eigenvalue weighted by Crippen LogP contribution is 2.09. The maximum absolute atomic E-state index is 9.51. The van der Waals surface area contributed by atoms with E-state index >= 15 is 0 Å². The molecule has 0 aromatic carbocycles. The second kappa shape index (κ2) is 4.18. The minimum absolute atomic E-state index is 0.455. The molecule has 1 unspecified atom stereocenters. The van der Waals surface area contributed by atoms with Crippen molar-refractivity contribution in [1.29, 1.82) is 0 Å². The summed E-state index contributed by atoms with van der Waals surface area (Å²) in [7, 11) is 1.81. The van der Waals surface area contributed by atoms with Crippen molar-refractivity contribution in [2.45, 2.75) is 13.0 Å². The number of aliphatic hydroxyl groups is 1. The molecular formula is C9H14N2O. The van der Waals surface area contributed by atoms with Crippen molar-refractivity contribution in [1.82, 2.24) is 10.3 Å². The Morgan fingerprint density at radius 2 is 2.33 bits per heavy atom. The predicted molar refractivity (Wildman–Crippen MR) is 47.9 cm³/mol. The first-order valence-electron chi connectivity index (χ1n) is 3.99. The summed E-state index contributed by atoms with van der Waals surface area (Å²) >= 11 is 0. The number of aromatic nitrogens is 1. The van der Waals surface area contributed by atoms with E-state index in [0.29, 0.717) is 6.54 Å². The fraction of sp³-hybridized carbons (Fsp3) is 0.444. The summed E-state index contributed by atoms with van der Waals surface area (Å²) < 4.78 is 0. The number of nitrogens with one attached hydrogen (secondary N) is 1. The van der Waals surface area contributed by atoms with Crippen molar-refractivity contribution < 1.29 is 5.11 Å². The lowest BCUT2D eigenvalue weighted by atomic mass is 10.1. The molecule has 3 nitrogen and oxygen atoms in total. The normalized spacial score (nSPS) is 12.9. The molecule has 0 aliphatic carbocycles. The first-order valence-corrected chi connectivity index (χ1v) is 3.99. The van der Waals surface area contributed by atoms with Crippen LogP contribution >= 0.6 is 0 Å². The molecule has 0 aliphatic rings. The van der Waals surface area contributed by atoms with Crippen LogP contribution in [-0.2, 0) is 0 Å². The predicted octanol–water partition coefficient (Wildman–Crippen LogP) is 0.643. The molecule has 0 saturated heterocycles. The summed E-state index contributed by atoms with van der Waals surface area (Å²) in [6.07, 6.45) is 1.25. The van der Waals surface area contributed by atoms with Crippen LogP contribution in [0.25, 0.3) is 0 Å². The van der Waals surface area contributed by atoms with Gasteiger partial charge in [-0.15, -0.1) is 0 Å². The molecule has 3 heteroatoms. The lowest BCUT2D eigenvalue weighted by Crippen LogP contribution is -2.16. The van der Waals surface area contributed by atoms with Crippen LogP contribution in [0.4, 0.5) is 0 Å². The Balaban J connectivity index is 2.68. The zero-order chi connectivity index (χ0) is 8.97. The summed E-state index contributed by atoms with van der Waals surface area (Å²) in [5, 5.41) is 12.4. The number of rotatable bonds is 3. The van der Waals surface area contributed by atoms with E-state index in [4.69, 9.17) is 0 Å². The maximum atomic E-state index is 9.51. The molecule has 66 valence electrons. The highest BCUT2D eigenvalue weighted by molar-refractivity contribution is 5.15. The average Bonchev–Trinajstić information content (AvgIpc) is 2.06. The van der Waals surface area contributed by atoms with Gasteiger partial charge in [0, 0.05) is 24.0 Å². The zero-order valence-electron chi connectivity index (χ0n) is 7.41. The standard InChI is InChI=1S/C9H14N2O/c1-7-3-4-8(5-11-7)9(12)6-10-2/h3-5,9-10,12H,6H2,1-2H3. The molecule has 0 radical (unpaired) electrons. The van der Waals surface area contributed by atoms with Crippen molar-refractivity contribution in [2.24, 2.45) is 0 Å². The number of aliphatic hydroxyl groups excluding tert-OH is 1. The Bertz CT molecular complexity index is 233. The van der Waals surface area contributed by atoms with Gasteiger partial charge in [0.15, 0.2) is 0 Å². The molecular weight excluding hydrogens is 152 g/mol. The van der Waals surface area contributed by atoms with Crippen molar-refractivity contribution >= 4 is 0 Å². The van der Waals surface area contributed by atoms with Crippen LogP contribution in [0.3, 0.4) is 0 Å². The highest BCUT2D eigenvalue weighted by Gasteiger charge is 2.04. The molecule has 2 N–H and O–H groups in total. The third kappa shape index (κ3) is 2.29. The number of likely N-dealkylation sites (N-methyl/N-ethyl adjacent to an activating group) is 1. The molecule has 12 heavy (non-hydrogen) atoms. The summed E-state index contributed by atoms with van der Waals surface area (Å²) in [6.45, 7) is 2.49. The number of hydrogen-bond acceptors (Lipinski definition) is 3. The molecule has 0 spiro atoms. The van der Waals surface area contributed by atoms with Gasteiger partial charge < -0.3 is 10.4 Å². The minimum Gasteiger partial charge on any atom is -0.387 e. The lowest BCUT2D eigenvalue weighted by molar-refractivity contribution is 0.177. The number of aryl methyl sites for hydroxylation is 1. The summed E-state index contributed by atoms with van der Waals surface area (Å²) in [5.41, 5.74) is 1.82. The van der Waals surface area contributed by atoms with E-state index in [1.54, 1.807) is 6.20 Å². The van der Waals surface area contributed by atoms with Crippen LogP contribution in [0.1, 0.15) is 17.4 Å². The fourth-order valence-electron chi connectivity index (χ4n) is 0.988. The first kappa shape index (κ1) is 9.16. The van der Waals surface area contributed by atoms with Gasteiger partial charge in [-0.1, -0.05) is 6.07 Å². The summed E-state index contributed by atoms with van der Waals surface area (Å²) in [6, 6.07) is 3.79. The van der Waals surface area contributed by atoms with Crippen molar-refractivity contribution in [3.8, 4) is 0 Å². The van der Waals surface area contributed by atoms with Crippen molar-refractivity contribution in [3.05, 3.63) is 29.6 Å². The van der Waals surface area contributed by atoms with Crippen molar-refractivity contribution in [2.75, 3.05) is 13.6 Å². The third-order valence-corrected chi connectivity index (χ3v) is 1.72. The van der Waals surface area contributed by atoms with E-state index < -0.39 is 6.10 Å². The molecule has 0 bridgehead atoms. The van der Waals surface area contributed by atoms with Gasteiger partial charge in [0.1, 0.15) is 0 Å². The smallest absolute Gasteiger partial charge is 0.0929 e. The summed E-state index contributed by atoms with van der Waals surface area (Å²) in [5.74, 6) is 0. The van der Waals surface area contributed by atoms with Gasteiger partial charge in [0.25, 0.3) is 0 Å². The fourth-order valence-corrected chi connectivity index (χ4v) is 0.988. The van der Waals surface area contributed by atoms with Crippen LogP contribution in [-0.4, -0.2) is 23.7 Å². The largest absolute Gasteiger partial charge is 0.387 e. The Labute approximate surface area is 72.5 Å². The molecule has 0 amide bonds. The van der Waals surface area contributed by atoms with Gasteiger partial charge >= 0.3 is 0 Å². The molecule has 1 aromatic heterocycles. The van der Waals surface area contributed by atoms with Gasteiger partial charge in [0.05, 0.1) is 6.10 Å². The first-order chi connectivity index (χ1) is 5.74. The Morgan fingerprint density at radius 1 is 1.58 bits per heavy atom. The lowest BCUT2D eigenvalue weighted by Gasteiger charge is -2.09. The van der Waals surface area contributed by atoms with Gasteiger partial charge in [0.2, 0.25) is 0 Å². The quantitative estimate of drug-likeness (QED) is 0.692. The van der Waals surface area contributed by atoms with Gasteiger partial charge in [-0.2, -0.15) is 0 Å².